The summed E-state index contributed by atoms with van der Waals surface area (Å²) in [5.41, 5.74) is 0. The van der Waals surface area contributed by atoms with Crippen molar-refractivity contribution in [2.24, 2.45) is 5.92 Å². The summed E-state index contributed by atoms with van der Waals surface area (Å²) in [6, 6.07) is 0. The van der Waals surface area contributed by atoms with Gasteiger partial charge in [0.05, 0.1) is 6.54 Å². The van der Waals surface area contributed by atoms with Crippen LogP contribution in [0.25, 0.3) is 0 Å². The van der Waals surface area contributed by atoms with Crippen molar-refractivity contribution in [2.75, 3.05) is 13.1 Å². The Morgan fingerprint density at radius 1 is 1.33 bits per heavy atom. The summed E-state index contributed by atoms with van der Waals surface area (Å²) in [6.07, 6.45) is -1.52. The summed E-state index contributed by atoms with van der Waals surface area (Å²) in [4.78, 5) is 0. The molecular formula is C7H11F4N. The van der Waals surface area contributed by atoms with Crippen LogP contribution >= 0.6 is 0 Å². The van der Waals surface area contributed by atoms with E-state index < -0.39 is 18.9 Å². The van der Waals surface area contributed by atoms with Gasteiger partial charge in [-0.15, -0.1) is 0 Å². The van der Waals surface area contributed by atoms with Gasteiger partial charge in [0.25, 0.3) is 0 Å². The highest BCUT2D eigenvalue weighted by Crippen LogP contribution is 2.28. The molecule has 1 N–H and O–H groups in total. The van der Waals surface area contributed by atoms with E-state index in [2.05, 4.69) is 5.32 Å². The van der Waals surface area contributed by atoms with Gasteiger partial charge in [-0.1, -0.05) is 0 Å². The molecule has 1 rings (SSSR count). The van der Waals surface area contributed by atoms with Crippen LogP contribution in [0.5, 0.6) is 0 Å². The average Bonchev–Trinajstić information content (AvgIpc) is 2.70. The molecule has 0 bridgehead atoms. The van der Waals surface area contributed by atoms with Crippen molar-refractivity contribution in [3.63, 3.8) is 0 Å². The largest absolute Gasteiger partial charge is 0.319 e. The van der Waals surface area contributed by atoms with E-state index in [9.17, 15) is 17.6 Å². The Balaban J connectivity index is 2.10. The third kappa shape index (κ3) is 2.97. The van der Waals surface area contributed by atoms with Crippen LogP contribution in [0.15, 0.2) is 0 Å². The Morgan fingerprint density at radius 3 is 2.33 bits per heavy atom. The minimum Gasteiger partial charge on any atom is -0.311 e. The van der Waals surface area contributed by atoms with E-state index in [0.29, 0.717) is 12.5 Å². The first-order valence-electron chi connectivity index (χ1n) is 3.89. The Morgan fingerprint density at radius 2 is 1.92 bits per heavy atom. The SMILES string of the molecule is FC(F)C(F)(F)CNCC1CC1. The minimum atomic E-state index is -3.88. The lowest BCUT2D eigenvalue weighted by Crippen LogP contribution is -2.39. The fourth-order valence-corrected chi connectivity index (χ4v) is 0.842. The lowest BCUT2D eigenvalue weighted by Gasteiger charge is -2.15. The van der Waals surface area contributed by atoms with Gasteiger partial charge in [0.15, 0.2) is 0 Å². The predicted octanol–water partition coefficient (Wildman–Crippen LogP) is 1.89. The van der Waals surface area contributed by atoms with Gasteiger partial charge in [0, 0.05) is 0 Å². The molecule has 5 heteroatoms. The van der Waals surface area contributed by atoms with Crippen molar-refractivity contribution in [1.82, 2.24) is 5.32 Å². The third-order valence-corrected chi connectivity index (χ3v) is 1.81. The summed E-state index contributed by atoms with van der Waals surface area (Å²) in [5, 5.41) is 2.34. The van der Waals surface area contributed by atoms with Crippen molar-refractivity contribution in [3.05, 3.63) is 0 Å². The lowest BCUT2D eigenvalue weighted by molar-refractivity contribution is -0.125. The number of hydrogen-bond donors (Lipinski definition) is 1. The molecule has 0 atom stereocenters. The summed E-state index contributed by atoms with van der Waals surface area (Å²) in [5.74, 6) is -3.45. The van der Waals surface area contributed by atoms with Crippen LogP contribution in [0.2, 0.25) is 0 Å². The molecule has 0 heterocycles. The van der Waals surface area contributed by atoms with E-state index in [4.69, 9.17) is 0 Å². The van der Waals surface area contributed by atoms with E-state index in [0.717, 1.165) is 12.8 Å². The molecule has 0 unspecified atom stereocenters. The van der Waals surface area contributed by atoms with E-state index in [1.165, 1.54) is 0 Å². The van der Waals surface area contributed by atoms with Crippen LogP contribution in [-0.2, 0) is 0 Å². The molecule has 1 saturated carbocycles. The maximum absolute atomic E-state index is 12.2. The molecule has 72 valence electrons. The molecular weight excluding hydrogens is 174 g/mol. The number of halogens is 4. The standard InChI is InChI=1S/C7H11F4N/c8-6(9)7(10,11)4-12-3-5-1-2-5/h5-6,12H,1-4H2. The van der Waals surface area contributed by atoms with Gasteiger partial charge in [-0.3, -0.25) is 0 Å². The number of nitrogens with one attached hydrogen (secondary N) is 1. The number of hydrogen-bond acceptors (Lipinski definition) is 1. The predicted molar refractivity (Wildman–Crippen MR) is 36.5 cm³/mol. The zero-order chi connectivity index (χ0) is 9.19. The van der Waals surface area contributed by atoms with Gasteiger partial charge in [0.1, 0.15) is 0 Å². The molecule has 1 fully saturated rings. The average molecular weight is 185 g/mol. The maximum atomic E-state index is 12.2. The van der Waals surface area contributed by atoms with Crippen molar-refractivity contribution in [2.45, 2.75) is 25.2 Å². The number of alkyl halides is 4. The fraction of sp³-hybridized carbons (Fsp3) is 1.00. The van der Waals surface area contributed by atoms with Crippen molar-refractivity contribution in [3.8, 4) is 0 Å². The van der Waals surface area contributed by atoms with E-state index in [1.54, 1.807) is 0 Å². The topological polar surface area (TPSA) is 12.0 Å². The van der Waals surface area contributed by atoms with Crippen molar-refractivity contribution in [1.29, 1.82) is 0 Å². The monoisotopic (exact) mass is 185 g/mol. The molecule has 0 aromatic rings. The summed E-state index contributed by atoms with van der Waals surface area (Å²) in [6.45, 7) is -0.483. The second-order valence-electron chi connectivity index (χ2n) is 3.14. The van der Waals surface area contributed by atoms with Crippen LogP contribution in [0, 0.1) is 5.92 Å². The molecule has 0 radical (unpaired) electrons. The van der Waals surface area contributed by atoms with Gasteiger partial charge in [-0.25, -0.2) is 8.78 Å². The van der Waals surface area contributed by atoms with E-state index >= 15 is 0 Å². The molecule has 0 spiro atoms. The first kappa shape index (κ1) is 9.77. The minimum absolute atomic E-state index is 0.429. The normalized spacial score (nSPS) is 18.8. The molecule has 12 heavy (non-hydrogen) atoms. The van der Waals surface area contributed by atoms with Crippen LogP contribution in [0.4, 0.5) is 17.6 Å². The van der Waals surface area contributed by atoms with Crippen molar-refractivity contribution < 1.29 is 17.6 Å². The van der Waals surface area contributed by atoms with E-state index in [1.807, 2.05) is 0 Å². The Hall–Kier alpha value is -0.320. The molecule has 0 aromatic heterocycles. The third-order valence-electron chi connectivity index (χ3n) is 1.81. The molecule has 1 aliphatic carbocycles. The van der Waals surface area contributed by atoms with E-state index in [-0.39, 0.29) is 0 Å². The first-order chi connectivity index (χ1) is 5.52. The summed E-state index contributed by atoms with van der Waals surface area (Å²) < 4.78 is 47.5. The molecule has 0 amide bonds. The molecule has 0 aromatic carbocycles. The zero-order valence-corrected chi connectivity index (χ0v) is 6.49. The quantitative estimate of drug-likeness (QED) is 0.645. The van der Waals surface area contributed by atoms with Crippen LogP contribution in [0.3, 0.4) is 0 Å². The van der Waals surface area contributed by atoms with Gasteiger partial charge in [0.2, 0.25) is 0 Å². The number of rotatable bonds is 5. The Labute approximate surface area is 68.1 Å². The van der Waals surface area contributed by atoms with Gasteiger partial charge in [-0.05, 0) is 25.3 Å². The van der Waals surface area contributed by atoms with Crippen LogP contribution < -0.4 is 5.32 Å². The Bertz CT molecular complexity index is 144. The van der Waals surface area contributed by atoms with Crippen molar-refractivity contribution >= 4 is 0 Å². The zero-order valence-electron chi connectivity index (χ0n) is 6.49. The second-order valence-corrected chi connectivity index (χ2v) is 3.14. The summed E-state index contributed by atoms with van der Waals surface area (Å²) in [7, 11) is 0. The fourth-order valence-electron chi connectivity index (χ4n) is 0.842. The molecule has 0 saturated heterocycles. The summed E-state index contributed by atoms with van der Waals surface area (Å²) >= 11 is 0. The maximum Gasteiger partial charge on any atom is 0.319 e. The smallest absolute Gasteiger partial charge is 0.311 e. The van der Waals surface area contributed by atoms with Gasteiger partial charge in [-0.2, -0.15) is 8.78 Å². The highest BCUT2D eigenvalue weighted by molar-refractivity contribution is 4.78. The van der Waals surface area contributed by atoms with Gasteiger partial charge < -0.3 is 5.32 Å². The first-order valence-corrected chi connectivity index (χ1v) is 3.89. The van der Waals surface area contributed by atoms with Crippen LogP contribution in [0.1, 0.15) is 12.8 Å². The molecule has 1 aliphatic rings. The highest BCUT2D eigenvalue weighted by Gasteiger charge is 2.40. The molecule has 0 aliphatic heterocycles. The van der Waals surface area contributed by atoms with Crippen LogP contribution in [-0.4, -0.2) is 25.4 Å². The second kappa shape index (κ2) is 3.60. The highest BCUT2D eigenvalue weighted by atomic mass is 19.3. The van der Waals surface area contributed by atoms with Gasteiger partial charge >= 0.3 is 12.3 Å². The lowest BCUT2D eigenvalue weighted by atomic mass is 10.3. The molecule has 1 nitrogen and oxygen atoms in total. The Kier molecular flexibility index (Phi) is 2.93.